The number of fused-ring (bicyclic) bond motifs is 1. The van der Waals surface area contributed by atoms with E-state index in [0.717, 1.165) is 28.2 Å². The number of nitrogens with one attached hydrogen (secondary N) is 1. The van der Waals surface area contributed by atoms with Gasteiger partial charge >= 0.3 is 0 Å². The number of amides is 1. The molecule has 1 atom stereocenters. The molecule has 1 aromatic heterocycles. The van der Waals surface area contributed by atoms with Crippen molar-refractivity contribution < 1.29 is 9.53 Å². The van der Waals surface area contributed by atoms with Gasteiger partial charge in [0.05, 0.1) is 23.6 Å². The van der Waals surface area contributed by atoms with Crippen molar-refractivity contribution in [1.29, 1.82) is 0 Å². The standard InChI is InChI=1S/C28H29N3O2/c1-20-13-15-24(19-21(20)2)33-18-17-31-26-12-8-7-11-25(26)30-28(31)22(3)29-27(32)16-14-23-9-5-4-6-10-23/h4-16,19,22H,17-18H2,1-3H3,(H,29,32)/b16-14-. The zero-order valence-electron chi connectivity index (χ0n) is 19.3. The minimum atomic E-state index is -0.257. The Hall–Kier alpha value is -3.86. The molecule has 1 amide bonds. The lowest BCUT2D eigenvalue weighted by Crippen LogP contribution is -2.27. The number of benzene rings is 3. The number of rotatable bonds is 8. The summed E-state index contributed by atoms with van der Waals surface area (Å²) in [5.41, 5.74) is 5.37. The predicted molar refractivity (Wildman–Crippen MR) is 133 cm³/mol. The fourth-order valence-electron chi connectivity index (χ4n) is 3.78. The molecule has 0 fully saturated rings. The highest BCUT2D eigenvalue weighted by Gasteiger charge is 2.17. The fraction of sp³-hybridized carbons (Fsp3) is 0.214. The summed E-state index contributed by atoms with van der Waals surface area (Å²) in [5, 5.41) is 3.04. The van der Waals surface area contributed by atoms with Crippen LogP contribution in [0.15, 0.2) is 78.9 Å². The first kappa shape index (κ1) is 22.3. The molecule has 33 heavy (non-hydrogen) atoms. The third kappa shape index (κ3) is 5.50. The van der Waals surface area contributed by atoms with Crippen molar-refractivity contribution in [2.75, 3.05) is 6.61 Å². The van der Waals surface area contributed by atoms with E-state index in [1.54, 1.807) is 6.08 Å². The fourth-order valence-corrected chi connectivity index (χ4v) is 3.78. The predicted octanol–water partition coefficient (Wildman–Crippen LogP) is 5.62. The lowest BCUT2D eigenvalue weighted by molar-refractivity contribution is -0.117. The quantitative estimate of drug-likeness (QED) is 0.362. The molecule has 0 spiro atoms. The third-order valence-electron chi connectivity index (χ3n) is 5.72. The van der Waals surface area contributed by atoms with Crippen LogP contribution in [-0.4, -0.2) is 22.1 Å². The molecule has 0 bridgehead atoms. The first-order valence-electron chi connectivity index (χ1n) is 11.2. The van der Waals surface area contributed by atoms with Gasteiger partial charge in [-0.05, 0) is 67.8 Å². The minimum absolute atomic E-state index is 0.156. The van der Waals surface area contributed by atoms with Crippen LogP contribution in [0, 0.1) is 13.8 Å². The summed E-state index contributed by atoms with van der Waals surface area (Å²) in [5.74, 6) is 1.51. The molecule has 4 aromatic rings. The van der Waals surface area contributed by atoms with Gasteiger partial charge in [0.2, 0.25) is 5.91 Å². The van der Waals surface area contributed by atoms with Crippen LogP contribution in [0.1, 0.15) is 35.5 Å². The average molecular weight is 440 g/mol. The Morgan fingerprint density at radius 3 is 2.58 bits per heavy atom. The maximum Gasteiger partial charge on any atom is 0.244 e. The SMILES string of the molecule is Cc1ccc(OCCn2c(C(C)NC(=O)/C=C\c3ccccc3)nc3ccccc32)cc1C. The Balaban J connectivity index is 1.48. The Kier molecular flexibility index (Phi) is 6.89. The first-order chi connectivity index (χ1) is 16.0. The molecule has 0 saturated heterocycles. The molecule has 3 aromatic carbocycles. The summed E-state index contributed by atoms with van der Waals surface area (Å²) in [6.45, 7) is 7.26. The summed E-state index contributed by atoms with van der Waals surface area (Å²) < 4.78 is 8.15. The number of carbonyl (C=O) groups excluding carboxylic acids is 1. The van der Waals surface area contributed by atoms with Crippen LogP contribution in [0.3, 0.4) is 0 Å². The van der Waals surface area contributed by atoms with Crippen LogP contribution in [0.4, 0.5) is 0 Å². The van der Waals surface area contributed by atoms with Crippen LogP contribution in [-0.2, 0) is 11.3 Å². The number of ether oxygens (including phenoxy) is 1. The highest BCUT2D eigenvalue weighted by molar-refractivity contribution is 5.92. The van der Waals surface area contributed by atoms with Crippen LogP contribution in [0.5, 0.6) is 5.75 Å². The largest absolute Gasteiger partial charge is 0.492 e. The number of carbonyl (C=O) groups is 1. The number of aromatic nitrogens is 2. The zero-order chi connectivity index (χ0) is 23.2. The van der Waals surface area contributed by atoms with Gasteiger partial charge in [0, 0.05) is 6.08 Å². The summed E-state index contributed by atoms with van der Waals surface area (Å²) >= 11 is 0. The van der Waals surface area contributed by atoms with Crippen LogP contribution < -0.4 is 10.1 Å². The smallest absolute Gasteiger partial charge is 0.244 e. The summed E-state index contributed by atoms with van der Waals surface area (Å²) in [7, 11) is 0. The molecular formula is C28H29N3O2. The van der Waals surface area contributed by atoms with E-state index in [4.69, 9.17) is 9.72 Å². The second-order valence-corrected chi connectivity index (χ2v) is 8.18. The van der Waals surface area contributed by atoms with E-state index >= 15 is 0 Å². The van der Waals surface area contributed by atoms with Crippen LogP contribution in [0.2, 0.25) is 0 Å². The summed E-state index contributed by atoms with van der Waals surface area (Å²) in [4.78, 5) is 17.3. The molecule has 0 aliphatic carbocycles. The van der Waals surface area contributed by atoms with Gasteiger partial charge in [-0.1, -0.05) is 48.5 Å². The van der Waals surface area contributed by atoms with Crippen molar-refractivity contribution in [3.63, 3.8) is 0 Å². The Morgan fingerprint density at radius 1 is 1.03 bits per heavy atom. The lowest BCUT2D eigenvalue weighted by atomic mass is 10.1. The second kappa shape index (κ2) is 10.2. The highest BCUT2D eigenvalue weighted by Crippen LogP contribution is 2.22. The van der Waals surface area contributed by atoms with Gasteiger partial charge in [0.15, 0.2) is 0 Å². The van der Waals surface area contributed by atoms with Crippen molar-refractivity contribution in [3.8, 4) is 5.75 Å². The Morgan fingerprint density at radius 2 is 1.79 bits per heavy atom. The molecule has 4 rings (SSSR count). The van der Waals surface area contributed by atoms with Crippen LogP contribution >= 0.6 is 0 Å². The second-order valence-electron chi connectivity index (χ2n) is 8.18. The minimum Gasteiger partial charge on any atom is -0.492 e. The number of hydrogen-bond donors (Lipinski definition) is 1. The van der Waals surface area contributed by atoms with Crippen molar-refractivity contribution in [2.45, 2.75) is 33.4 Å². The Bertz CT molecular complexity index is 1280. The van der Waals surface area contributed by atoms with Gasteiger partial charge in [-0.2, -0.15) is 0 Å². The molecule has 0 saturated carbocycles. The van der Waals surface area contributed by atoms with Gasteiger partial charge in [-0.25, -0.2) is 4.98 Å². The number of aryl methyl sites for hydroxylation is 2. The third-order valence-corrected chi connectivity index (χ3v) is 5.72. The van der Waals surface area contributed by atoms with Gasteiger partial charge in [0.1, 0.15) is 18.2 Å². The van der Waals surface area contributed by atoms with E-state index in [-0.39, 0.29) is 11.9 Å². The normalized spacial score (nSPS) is 12.2. The first-order valence-corrected chi connectivity index (χ1v) is 11.2. The molecule has 1 unspecified atom stereocenters. The number of nitrogens with zero attached hydrogens (tertiary/aromatic N) is 2. The molecule has 1 N–H and O–H groups in total. The van der Waals surface area contributed by atoms with Gasteiger partial charge < -0.3 is 14.6 Å². The molecule has 0 aliphatic heterocycles. The number of hydrogen-bond acceptors (Lipinski definition) is 3. The molecule has 5 nitrogen and oxygen atoms in total. The summed E-state index contributed by atoms with van der Waals surface area (Å²) in [6.07, 6.45) is 3.37. The maximum atomic E-state index is 12.5. The maximum absolute atomic E-state index is 12.5. The zero-order valence-corrected chi connectivity index (χ0v) is 19.3. The monoisotopic (exact) mass is 439 g/mol. The summed E-state index contributed by atoms with van der Waals surface area (Å²) in [6, 6.07) is 23.6. The van der Waals surface area contributed by atoms with Crippen molar-refractivity contribution >= 4 is 23.0 Å². The average Bonchev–Trinajstić information content (AvgIpc) is 3.19. The van der Waals surface area contributed by atoms with E-state index in [1.807, 2.05) is 73.7 Å². The molecular weight excluding hydrogens is 410 g/mol. The number of para-hydroxylation sites is 2. The highest BCUT2D eigenvalue weighted by atomic mass is 16.5. The van der Waals surface area contributed by atoms with E-state index in [1.165, 1.54) is 11.1 Å². The number of imidazole rings is 1. The van der Waals surface area contributed by atoms with Crippen molar-refractivity contribution in [2.24, 2.45) is 0 Å². The van der Waals surface area contributed by atoms with E-state index in [2.05, 4.69) is 35.9 Å². The van der Waals surface area contributed by atoms with Crippen molar-refractivity contribution in [3.05, 3.63) is 101 Å². The Labute approximate surface area is 194 Å². The molecule has 5 heteroatoms. The van der Waals surface area contributed by atoms with E-state index in [0.29, 0.717) is 13.2 Å². The van der Waals surface area contributed by atoms with Gasteiger partial charge in [0.25, 0.3) is 0 Å². The van der Waals surface area contributed by atoms with Crippen LogP contribution in [0.25, 0.3) is 17.1 Å². The molecule has 0 aliphatic rings. The molecule has 0 radical (unpaired) electrons. The van der Waals surface area contributed by atoms with Gasteiger partial charge in [-0.3, -0.25) is 4.79 Å². The molecule has 1 heterocycles. The van der Waals surface area contributed by atoms with Crippen molar-refractivity contribution in [1.82, 2.24) is 14.9 Å². The van der Waals surface area contributed by atoms with Gasteiger partial charge in [-0.15, -0.1) is 0 Å². The van der Waals surface area contributed by atoms with E-state index in [9.17, 15) is 4.79 Å². The topological polar surface area (TPSA) is 56.1 Å². The lowest BCUT2D eigenvalue weighted by Gasteiger charge is -2.16. The van der Waals surface area contributed by atoms with E-state index < -0.39 is 0 Å². The molecule has 168 valence electrons.